The molecule has 1 aliphatic heterocycles. The number of hydrogen-bond acceptors (Lipinski definition) is 3. The van der Waals surface area contributed by atoms with Gasteiger partial charge >= 0.3 is 0 Å². The fourth-order valence-electron chi connectivity index (χ4n) is 2.38. The molecular formula is C14H21N3O. The zero-order valence-electron chi connectivity index (χ0n) is 11.1. The van der Waals surface area contributed by atoms with Crippen molar-refractivity contribution in [3.05, 3.63) is 24.0 Å². The molecule has 0 aromatic carbocycles. The molecular weight excluding hydrogens is 226 g/mol. The van der Waals surface area contributed by atoms with Gasteiger partial charge in [0.15, 0.2) is 0 Å². The molecule has 1 aromatic heterocycles. The molecule has 18 heavy (non-hydrogen) atoms. The molecule has 4 heteroatoms. The second-order valence-corrected chi connectivity index (χ2v) is 4.75. The Kier molecular flexibility index (Phi) is 4.31. The molecule has 2 rings (SSSR count). The number of aromatic nitrogens is 1. The Balaban J connectivity index is 2.14. The third kappa shape index (κ3) is 2.70. The fourth-order valence-corrected chi connectivity index (χ4v) is 2.38. The lowest BCUT2D eigenvalue weighted by molar-refractivity contribution is -0.121. The quantitative estimate of drug-likeness (QED) is 0.883. The summed E-state index contributed by atoms with van der Waals surface area (Å²) in [6.07, 6.45) is 4.80. The Hall–Kier alpha value is -1.42. The predicted molar refractivity (Wildman–Crippen MR) is 72.6 cm³/mol. The topological polar surface area (TPSA) is 45.2 Å². The van der Waals surface area contributed by atoms with E-state index in [1.54, 1.807) is 6.20 Å². The number of amides is 1. The molecule has 2 heterocycles. The Morgan fingerprint density at radius 3 is 3.11 bits per heavy atom. The third-order valence-corrected chi connectivity index (χ3v) is 3.35. The van der Waals surface area contributed by atoms with Crippen molar-refractivity contribution in [3.63, 3.8) is 0 Å². The second-order valence-electron chi connectivity index (χ2n) is 4.75. The van der Waals surface area contributed by atoms with E-state index in [0.29, 0.717) is 0 Å². The molecule has 0 radical (unpaired) electrons. The van der Waals surface area contributed by atoms with Crippen LogP contribution in [0.5, 0.6) is 0 Å². The van der Waals surface area contributed by atoms with Crippen LogP contribution in [0, 0.1) is 6.92 Å². The highest BCUT2D eigenvalue weighted by molar-refractivity contribution is 5.98. The van der Waals surface area contributed by atoms with Crippen LogP contribution in [0.15, 0.2) is 18.3 Å². The lowest BCUT2D eigenvalue weighted by Gasteiger charge is -2.33. The van der Waals surface area contributed by atoms with Crippen LogP contribution in [0.1, 0.15) is 31.9 Å². The minimum atomic E-state index is -0.0293. The highest BCUT2D eigenvalue weighted by Crippen LogP contribution is 2.23. The second kappa shape index (κ2) is 5.96. The van der Waals surface area contributed by atoms with Crippen molar-refractivity contribution in [1.29, 1.82) is 0 Å². The predicted octanol–water partition coefficient (Wildman–Crippen LogP) is 1.89. The molecule has 98 valence electrons. The molecule has 1 N–H and O–H groups in total. The van der Waals surface area contributed by atoms with Crippen LogP contribution in [-0.2, 0) is 4.79 Å². The summed E-state index contributed by atoms with van der Waals surface area (Å²) in [6.45, 7) is 5.76. The van der Waals surface area contributed by atoms with E-state index in [9.17, 15) is 4.79 Å². The highest BCUT2D eigenvalue weighted by atomic mass is 16.2. The van der Waals surface area contributed by atoms with Crippen LogP contribution in [0.25, 0.3) is 0 Å². The Labute approximate surface area is 108 Å². The number of aryl methyl sites for hydroxylation is 1. The minimum absolute atomic E-state index is 0.0293. The van der Waals surface area contributed by atoms with Gasteiger partial charge in [0.05, 0.1) is 17.4 Å². The first kappa shape index (κ1) is 13.0. The summed E-state index contributed by atoms with van der Waals surface area (Å²) in [5.41, 5.74) is 1.87. The van der Waals surface area contributed by atoms with Gasteiger partial charge in [0.2, 0.25) is 5.91 Å². The van der Waals surface area contributed by atoms with Crippen LogP contribution in [-0.4, -0.2) is 30.0 Å². The van der Waals surface area contributed by atoms with Gasteiger partial charge < -0.3 is 10.2 Å². The maximum Gasteiger partial charge on any atom is 0.244 e. The first-order chi connectivity index (χ1) is 8.74. The van der Waals surface area contributed by atoms with Crippen LogP contribution >= 0.6 is 0 Å². The fraction of sp³-hybridized carbons (Fsp3) is 0.571. The van der Waals surface area contributed by atoms with Crippen molar-refractivity contribution in [2.45, 2.75) is 39.2 Å². The molecule has 0 spiro atoms. The third-order valence-electron chi connectivity index (χ3n) is 3.35. The van der Waals surface area contributed by atoms with E-state index in [4.69, 9.17) is 0 Å². The van der Waals surface area contributed by atoms with Crippen molar-refractivity contribution in [2.24, 2.45) is 0 Å². The van der Waals surface area contributed by atoms with E-state index in [2.05, 4.69) is 17.2 Å². The first-order valence-electron chi connectivity index (χ1n) is 6.70. The van der Waals surface area contributed by atoms with Gasteiger partial charge in [-0.3, -0.25) is 9.78 Å². The summed E-state index contributed by atoms with van der Waals surface area (Å²) in [6, 6.07) is 3.83. The smallest absolute Gasteiger partial charge is 0.244 e. The summed E-state index contributed by atoms with van der Waals surface area (Å²) in [5.74, 6) is 0.186. The average Bonchev–Trinajstić information content (AvgIpc) is 2.39. The first-order valence-corrected chi connectivity index (χ1v) is 6.70. The van der Waals surface area contributed by atoms with Gasteiger partial charge in [0.25, 0.3) is 0 Å². The number of nitrogens with zero attached hydrogens (tertiary/aromatic N) is 2. The van der Waals surface area contributed by atoms with Gasteiger partial charge in [-0.15, -0.1) is 0 Å². The Bertz CT molecular complexity index is 419. The Morgan fingerprint density at radius 2 is 2.39 bits per heavy atom. The van der Waals surface area contributed by atoms with Crippen LogP contribution in [0.2, 0.25) is 0 Å². The van der Waals surface area contributed by atoms with Gasteiger partial charge in [-0.2, -0.15) is 0 Å². The monoisotopic (exact) mass is 247 g/mol. The average molecular weight is 247 g/mol. The maximum absolute atomic E-state index is 12.4. The van der Waals surface area contributed by atoms with Crippen molar-refractivity contribution in [3.8, 4) is 0 Å². The van der Waals surface area contributed by atoms with E-state index in [-0.39, 0.29) is 11.9 Å². The molecule has 0 saturated carbocycles. The molecule has 1 atom stereocenters. The van der Waals surface area contributed by atoms with Crippen molar-refractivity contribution in [2.75, 3.05) is 18.0 Å². The number of piperidine rings is 1. The van der Waals surface area contributed by atoms with Crippen LogP contribution in [0.4, 0.5) is 5.69 Å². The van der Waals surface area contributed by atoms with Crippen LogP contribution < -0.4 is 10.2 Å². The van der Waals surface area contributed by atoms with E-state index < -0.39 is 0 Å². The summed E-state index contributed by atoms with van der Waals surface area (Å²) in [7, 11) is 0. The molecule has 1 aliphatic rings. The zero-order valence-corrected chi connectivity index (χ0v) is 11.1. The SMILES string of the molecule is CCCNC1CCCN(c2cccnc2C)C1=O. The number of carbonyl (C=O) groups is 1. The summed E-state index contributed by atoms with van der Waals surface area (Å²) < 4.78 is 0. The number of hydrogen-bond donors (Lipinski definition) is 1. The molecule has 1 unspecified atom stereocenters. The van der Waals surface area contributed by atoms with Crippen molar-refractivity contribution in [1.82, 2.24) is 10.3 Å². The molecule has 1 saturated heterocycles. The molecule has 1 amide bonds. The van der Waals surface area contributed by atoms with E-state index in [0.717, 1.165) is 43.7 Å². The van der Waals surface area contributed by atoms with Gasteiger partial charge in [-0.1, -0.05) is 6.92 Å². The largest absolute Gasteiger partial charge is 0.309 e. The van der Waals surface area contributed by atoms with E-state index in [1.807, 2.05) is 24.0 Å². The Morgan fingerprint density at radius 1 is 1.56 bits per heavy atom. The lowest BCUT2D eigenvalue weighted by Crippen LogP contribution is -2.51. The number of anilines is 1. The van der Waals surface area contributed by atoms with E-state index in [1.165, 1.54) is 0 Å². The van der Waals surface area contributed by atoms with Gasteiger partial charge in [0, 0.05) is 12.7 Å². The number of carbonyl (C=O) groups excluding carboxylic acids is 1. The van der Waals surface area contributed by atoms with Gasteiger partial charge in [-0.25, -0.2) is 0 Å². The minimum Gasteiger partial charge on any atom is -0.309 e. The molecule has 1 fully saturated rings. The van der Waals surface area contributed by atoms with Crippen LogP contribution in [0.3, 0.4) is 0 Å². The highest BCUT2D eigenvalue weighted by Gasteiger charge is 2.29. The zero-order chi connectivity index (χ0) is 13.0. The molecule has 1 aromatic rings. The molecule has 0 aliphatic carbocycles. The van der Waals surface area contributed by atoms with Gasteiger partial charge in [-0.05, 0) is 44.9 Å². The summed E-state index contributed by atoms with van der Waals surface area (Å²) >= 11 is 0. The number of pyridine rings is 1. The standard InChI is InChI=1S/C14H21N3O/c1-3-8-16-12-6-5-10-17(14(12)18)13-7-4-9-15-11(13)2/h4,7,9,12,16H,3,5-6,8,10H2,1-2H3. The van der Waals surface area contributed by atoms with Gasteiger partial charge in [0.1, 0.15) is 0 Å². The summed E-state index contributed by atoms with van der Waals surface area (Å²) in [4.78, 5) is 18.6. The van der Waals surface area contributed by atoms with Crippen molar-refractivity contribution >= 4 is 11.6 Å². The van der Waals surface area contributed by atoms with Crippen molar-refractivity contribution < 1.29 is 4.79 Å². The lowest BCUT2D eigenvalue weighted by atomic mass is 10.0. The van der Waals surface area contributed by atoms with E-state index >= 15 is 0 Å². The molecule has 0 bridgehead atoms. The normalized spacial score (nSPS) is 20.2. The summed E-state index contributed by atoms with van der Waals surface area (Å²) in [5, 5.41) is 3.33. The number of rotatable bonds is 4. The molecule has 4 nitrogen and oxygen atoms in total. The number of nitrogens with one attached hydrogen (secondary N) is 1. The maximum atomic E-state index is 12.4.